The van der Waals surface area contributed by atoms with E-state index in [-0.39, 0.29) is 36.0 Å². The molecule has 0 aromatic heterocycles. The van der Waals surface area contributed by atoms with Crippen LogP contribution in [0.25, 0.3) is 6.08 Å². The van der Waals surface area contributed by atoms with E-state index < -0.39 is 24.5 Å². The molecule has 0 saturated heterocycles. The quantitative estimate of drug-likeness (QED) is 0.0496. The summed E-state index contributed by atoms with van der Waals surface area (Å²) in [5, 5.41) is 2.55. The summed E-state index contributed by atoms with van der Waals surface area (Å²) in [6.45, 7) is 8.54. The Balaban J connectivity index is 2.14. The molecule has 0 spiro atoms. The van der Waals surface area contributed by atoms with E-state index >= 15 is 0 Å². The highest BCUT2D eigenvalue weighted by atomic mass is 16.5. The van der Waals surface area contributed by atoms with Crippen LogP contribution in [0.15, 0.2) is 76.8 Å². The number of nitrogens with one attached hydrogen (secondary N) is 1. The normalized spacial score (nSPS) is 11.2. The molecule has 11 nitrogen and oxygen atoms in total. The zero-order chi connectivity index (χ0) is 32.5. The summed E-state index contributed by atoms with van der Waals surface area (Å²) >= 11 is 0. The summed E-state index contributed by atoms with van der Waals surface area (Å²) in [6.07, 6.45) is 7.66. The predicted octanol–water partition coefficient (Wildman–Crippen LogP) is 3.68. The number of rotatable bonds is 18. The van der Waals surface area contributed by atoms with Gasteiger partial charge in [-0.15, -0.1) is 0 Å². The third-order valence-corrected chi connectivity index (χ3v) is 5.99. The van der Waals surface area contributed by atoms with Crippen molar-refractivity contribution >= 4 is 29.6 Å². The summed E-state index contributed by atoms with van der Waals surface area (Å²) in [5.41, 5.74) is 19.4. The van der Waals surface area contributed by atoms with E-state index in [1.54, 1.807) is 24.3 Å². The molecule has 0 aliphatic rings. The van der Waals surface area contributed by atoms with Crippen molar-refractivity contribution < 1.29 is 28.6 Å². The fourth-order valence-electron chi connectivity index (χ4n) is 3.63. The van der Waals surface area contributed by atoms with Crippen LogP contribution in [0.5, 0.6) is 17.2 Å². The average Bonchev–Trinajstić information content (AvgIpc) is 2.96. The van der Waals surface area contributed by atoms with Crippen molar-refractivity contribution in [3.63, 3.8) is 0 Å². The molecule has 0 aliphatic carbocycles. The molecule has 2 aromatic carbocycles. The number of nitrogens with zero attached hydrogens (tertiary/aromatic N) is 1. The Morgan fingerprint density at radius 3 is 2.07 bits per heavy atom. The van der Waals surface area contributed by atoms with Gasteiger partial charge in [0.2, 0.25) is 5.91 Å². The van der Waals surface area contributed by atoms with Gasteiger partial charge in [-0.2, -0.15) is 0 Å². The molecule has 0 unspecified atom stereocenters. The third kappa shape index (κ3) is 13.7. The molecule has 1 atom stereocenters. The van der Waals surface area contributed by atoms with Gasteiger partial charge in [-0.05, 0) is 88.6 Å². The molecule has 236 valence electrons. The van der Waals surface area contributed by atoms with Gasteiger partial charge >= 0.3 is 0 Å². The molecular weight excluding hydrogens is 562 g/mol. The molecule has 0 aliphatic heterocycles. The van der Waals surface area contributed by atoms with E-state index in [0.717, 1.165) is 16.9 Å². The molecule has 2 aromatic rings. The predicted molar refractivity (Wildman–Crippen MR) is 173 cm³/mol. The number of carbonyl (C=O) groups excluding carboxylic acids is 3. The molecule has 2 amide bonds. The highest BCUT2D eigenvalue weighted by Gasteiger charge is 2.19. The van der Waals surface area contributed by atoms with Crippen molar-refractivity contribution in [1.82, 2.24) is 5.32 Å². The van der Waals surface area contributed by atoms with Gasteiger partial charge in [0.25, 0.3) is 5.91 Å². The van der Waals surface area contributed by atoms with Crippen LogP contribution >= 0.6 is 0 Å². The van der Waals surface area contributed by atoms with E-state index in [1.165, 1.54) is 11.6 Å². The van der Waals surface area contributed by atoms with Gasteiger partial charge in [0.1, 0.15) is 36.5 Å². The van der Waals surface area contributed by atoms with Crippen LogP contribution in [-0.4, -0.2) is 56.0 Å². The van der Waals surface area contributed by atoms with Crippen LogP contribution in [0, 0.1) is 0 Å². The minimum absolute atomic E-state index is 0.0662. The number of hydrogen-bond donors (Lipinski definition) is 4. The van der Waals surface area contributed by atoms with Crippen LogP contribution in [-0.2, 0) is 9.59 Å². The SMILES string of the molecule is CC(C)=CCOc1ccc(/C=C/C(=O)c2ccc(OCC=C(C)C)cc2OCC(=O)N[C@@H](CCCN=C(N)N)C(N)=O)cc1. The van der Waals surface area contributed by atoms with Gasteiger partial charge in [-0.25, -0.2) is 0 Å². The third-order valence-electron chi connectivity index (χ3n) is 5.99. The number of ketones is 1. The average molecular weight is 606 g/mol. The van der Waals surface area contributed by atoms with Crippen LogP contribution < -0.4 is 36.7 Å². The van der Waals surface area contributed by atoms with E-state index in [1.807, 2.05) is 64.1 Å². The van der Waals surface area contributed by atoms with Gasteiger partial charge in [-0.3, -0.25) is 19.4 Å². The minimum atomic E-state index is -0.938. The molecule has 11 heteroatoms. The lowest BCUT2D eigenvalue weighted by molar-refractivity contribution is -0.128. The first-order valence-electron chi connectivity index (χ1n) is 14.2. The Kier molecular flexibility index (Phi) is 14.8. The number of ether oxygens (including phenoxy) is 3. The number of allylic oxidation sites excluding steroid dienone is 3. The van der Waals surface area contributed by atoms with Crippen molar-refractivity contribution in [3.05, 3.63) is 83.0 Å². The molecule has 2 rings (SSSR count). The Morgan fingerprint density at radius 1 is 0.864 bits per heavy atom. The summed E-state index contributed by atoms with van der Waals surface area (Å²) in [7, 11) is 0. The molecule has 7 N–H and O–H groups in total. The smallest absolute Gasteiger partial charge is 0.258 e. The van der Waals surface area contributed by atoms with Gasteiger partial charge in [0, 0.05) is 12.6 Å². The number of hydrogen-bond acceptors (Lipinski definition) is 7. The largest absolute Gasteiger partial charge is 0.490 e. The molecule has 0 bridgehead atoms. The summed E-state index contributed by atoms with van der Waals surface area (Å²) in [5.74, 6) is -0.374. The number of guanidine groups is 1. The maximum atomic E-state index is 13.2. The molecule has 0 radical (unpaired) electrons. The lowest BCUT2D eigenvalue weighted by Crippen LogP contribution is -2.46. The lowest BCUT2D eigenvalue weighted by atomic mass is 10.1. The van der Waals surface area contributed by atoms with Gasteiger partial charge in [-0.1, -0.05) is 29.4 Å². The Hall–Kier alpha value is -5.06. The zero-order valence-corrected chi connectivity index (χ0v) is 25.8. The standard InChI is InChI=1S/C33H43N5O6/c1-22(2)15-18-42-25-10-7-24(8-11-25)9-14-29(39)27-13-12-26(43-19-16-23(3)4)20-30(27)44-21-31(40)38-28(32(34)41)6-5-17-37-33(35)36/h7-16,20,28H,5-6,17-19,21H2,1-4H3,(H2,34,41)(H,38,40)(H4,35,36,37)/b14-9+/t28-/m0/s1. The van der Waals surface area contributed by atoms with Gasteiger partial charge < -0.3 is 36.7 Å². The van der Waals surface area contributed by atoms with Crippen molar-refractivity contribution in [2.45, 2.75) is 46.6 Å². The fraction of sp³-hybridized carbons (Fsp3) is 0.333. The first kappa shape index (κ1) is 35.1. The monoisotopic (exact) mass is 605 g/mol. The number of carbonyl (C=O) groups is 3. The number of amides is 2. The van der Waals surface area contributed by atoms with Crippen molar-refractivity contribution in [2.24, 2.45) is 22.2 Å². The Labute approximate surface area is 258 Å². The van der Waals surface area contributed by atoms with Gasteiger partial charge in [0.05, 0.1) is 5.56 Å². The lowest BCUT2D eigenvalue weighted by Gasteiger charge is -2.16. The molecule has 0 fully saturated rings. The van der Waals surface area contributed by atoms with Crippen molar-refractivity contribution in [1.29, 1.82) is 0 Å². The zero-order valence-electron chi connectivity index (χ0n) is 25.8. The summed E-state index contributed by atoms with van der Waals surface area (Å²) in [6, 6.07) is 11.2. The maximum Gasteiger partial charge on any atom is 0.258 e. The van der Waals surface area contributed by atoms with E-state index in [0.29, 0.717) is 25.4 Å². The van der Waals surface area contributed by atoms with Crippen molar-refractivity contribution in [2.75, 3.05) is 26.4 Å². The number of benzene rings is 2. The van der Waals surface area contributed by atoms with Crippen LogP contribution in [0.2, 0.25) is 0 Å². The Bertz CT molecular complexity index is 1380. The molecule has 0 saturated carbocycles. The van der Waals surface area contributed by atoms with E-state index in [9.17, 15) is 14.4 Å². The van der Waals surface area contributed by atoms with Crippen LogP contribution in [0.1, 0.15) is 56.5 Å². The molecule has 0 heterocycles. The highest BCUT2D eigenvalue weighted by Crippen LogP contribution is 2.26. The second kappa shape index (κ2) is 18.5. The highest BCUT2D eigenvalue weighted by molar-refractivity contribution is 6.08. The summed E-state index contributed by atoms with van der Waals surface area (Å²) in [4.78, 5) is 41.6. The van der Waals surface area contributed by atoms with Crippen LogP contribution in [0.4, 0.5) is 0 Å². The topological polar surface area (TPSA) is 181 Å². The van der Waals surface area contributed by atoms with Gasteiger partial charge in [0.15, 0.2) is 18.3 Å². The number of aliphatic imine (C=N–C) groups is 1. The molecular formula is C33H43N5O6. The van der Waals surface area contributed by atoms with E-state index in [2.05, 4.69) is 10.3 Å². The first-order valence-corrected chi connectivity index (χ1v) is 14.2. The Morgan fingerprint density at radius 2 is 1.48 bits per heavy atom. The number of nitrogens with two attached hydrogens (primary N) is 3. The maximum absolute atomic E-state index is 13.2. The van der Waals surface area contributed by atoms with Crippen LogP contribution in [0.3, 0.4) is 0 Å². The van der Waals surface area contributed by atoms with Crippen molar-refractivity contribution in [3.8, 4) is 17.2 Å². The first-order chi connectivity index (χ1) is 20.9. The second-order valence-electron chi connectivity index (χ2n) is 10.4. The molecule has 44 heavy (non-hydrogen) atoms. The summed E-state index contributed by atoms with van der Waals surface area (Å²) < 4.78 is 17.2. The minimum Gasteiger partial charge on any atom is -0.490 e. The number of primary amides is 1. The second-order valence-corrected chi connectivity index (χ2v) is 10.4. The van der Waals surface area contributed by atoms with E-state index in [4.69, 9.17) is 31.4 Å². The fourth-order valence-corrected chi connectivity index (χ4v) is 3.63.